The lowest BCUT2D eigenvalue weighted by Crippen LogP contribution is -1.95. The smallest absolute Gasteiger partial charge is 0.338 e. The Bertz CT molecular complexity index is 853. The second-order valence-corrected chi connectivity index (χ2v) is 5.79. The number of rotatable bonds is 3. The van der Waals surface area contributed by atoms with Crippen LogP contribution in [0.4, 0.5) is 10.1 Å². The van der Waals surface area contributed by atoms with Gasteiger partial charge in [-0.2, -0.15) is 0 Å². The molecule has 0 fully saturated rings. The predicted molar refractivity (Wildman–Crippen MR) is 80.4 cm³/mol. The van der Waals surface area contributed by atoms with Crippen LogP contribution in [0.5, 0.6) is 11.5 Å². The van der Waals surface area contributed by atoms with E-state index in [1.54, 1.807) is 6.07 Å². The van der Waals surface area contributed by atoms with E-state index in [4.69, 9.17) is 4.74 Å². The Kier molecular flexibility index (Phi) is 3.56. The summed E-state index contributed by atoms with van der Waals surface area (Å²) < 4.78 is 19.7. The molecule has 2 aromatic carbocycles. The number of benzene rings is 2. The molecule has 5 nitrogen and oxygen atoms in total. The van der Waals surface area contributed by atoms with E-state index >= 15 is 0 Å². The van der Waals surface area contributed by atoms with Crippen molar-refractivity contribution in [1.82, 2.24) is 4.98 Å². The maximum atomic E-state index is 13.1. The van der Waals surface area contributed by atoms with Crippen LogP contribution >= 0.6 is 27.3 Å². The first-order valence-corrected chi connectivity index (χ1v) is 7.37. The first-order valence-electron chi connectivity index (χ1n) is 5.70. The van der Waals surface area contributed by atoms with E-state index in [2.05, 4.69) is 20.9 Å². The first kappa shape index (κ1) is 13.9. The summed E-state index contributed by atoms with van der Waals surface area (Å²) in [5, 5.41) is 11.3. The predicted octanol–water partition coefficient (Wildman–Crippen LogP) is 4.90. The maximum absolute atomic E-state index is 13.1. The zero-order valence-electron chi connectivity index (χ0n) is 10.2. The van der Waals surface area contributed by atoms with Gasteiger partial charge in [-0.3, -0.25) is 10.1 Å². The number of ether oxygens (including phenoxy) is 1. The molecule has 0 saturated heterocycles. The van der Waals surface area contributed by atoms with Crippen molar-refractivity contribution in [3.05, 3.63) is 56.2 Å². The lowest BCUT2D eigenvalue weighted by Gasteiger charge is -2.08. The highest BCUT2D eigenvalue weighted by Gasteiger charge is 2.23. The monoisotopic (exact) mass is 368 g/mol. The molecule has 0 spiro atoms. The molecule has 1 heterocycles. The maximum Gasteiger partial charge on any atom is 0.338 e. The summed E-state index contributed by atoms with van der Waals surface area (Å²) in [5.74, 6) is -0.0848. The van der Waals surface area contributed by atoms with Gasteiger partial charge < -0.3 is 4.74 Å². The zero-order chi connectivity index (χ0) is 15.0. The van der Waals surface area contributed by atoms with Crippen molar-refractivity contribution in [1.29, 1.82) is 0 Å². The summed E-state index contributed by atoms with van der Waals surface area (Å²) in [5.41, 5.74) is 1.61. The molecule has 3 rings (SSSR count). The van der Waals surface area contributed by atoms with E-state index in [9.17, 15) is 14.5 Å². The molecule has 0 bridgehead atoms. The van der Waals surface area contributed by atoms with Gasteiger partial charge in [0.05, 0.1) is 19.6 Å². The molecule has 8 heteroatoms. The van der Waals surface area contributed by atoms with Crippen LogP contribution < -0.4 is 4.74 Å². The fourth-order valence-corrected chi connectivity index (χ4v) is 2.94. The topological polar surface area (TPSA) is 65.3 Å². The molecule has 0 N–H and O–H groups in total. The number of fused-ring (bicyclic) bond motifs is 1. The van der Waals surface area contributed by atoms with Gasteiger partial charge in [0.1, 0.15) is 11.6 Å². The molecule has 0 unspecified atom stereocenters. The second-order valence-electron chi connectivity index (χ2n) is 4.05. The molecule has 1 aromatic heterocycles. The van der Waals surface area contributed by atoms with Crippen molar-refractivity contribution in [3.63, 3.8) is 0 Å². The van der Waals surface area contributed by atoms with Crippen LogP contribution in [0.15, 0.2) is 40.3 Å². The van der Waals surface area contributed by atoms with Crippen LogP contribution in [0, 0.1) is 15.9 Å². The van der Waals surface area contributed by atoms with E-state index in [1.165, 1.54) is 41.1 Å². The Morgan fingerprint density at radius 1 is 1.29 bits per heavy atom. The third-order valence-electron chi connectivity index (χ3n) is 2.74. The highest BCUT2D eigenvalue weighted by molar-refractivity contribution is 9.10. The summed E-state index contributed by atoms with van der Waals surface area (Å²) in [7, 11) is 0. The summed E-state index contributed by atoms with van der Waals surface area (Å²) >= 11 is 4.47. The minimum absolute atomic E-state index is 0.0608. The van der Waals surface area contributed by atoms with E-state index in [1.807, 2.05) is 0 Å². The summed E-state index contributed by atoms with van der Waals surface area (Å²) in [4.78, 5) is 14.8. The molecule has 3 aromatic rings. The van der Waals surface area contributed by atoms with E-state index in [0.717, 1.165) is 0 Å². The number of nitro benzene ring substituents is 1. The zero-order valence-corrected chi connectivity index (χ0v) is 12.6. The standard InChI is InChI=1S/C13H6BrFN2O3S/c14-8-5-7(15)1-2-9(8)20-10-3-4-11-12(16-6-21-11)13(10)17(18)19/h1-6H. The largest absolute Gasteiger partial charge is 0.449 e. The molecule has 0 saturated carbocycles. The highest BCUT2D eigenvalue weighted by Crippen LogP contribution is 2.40. The summed E-state index contributed by atoms with van der Waals surface area (Å²) in [6, 6.07) is 7.05. The van der Waals surface area contributed by atoms with Crippen molar-refractivity contribution in [2.45, 2.75) is 0 Å². The minimum Gasteiger partial charge on any atom is -0.449 e. The third kappa shape index (κ3) is 2.59. The normalized spacial score (nSPS) is 10.8. The minimum atomic E-state index is -0.533. The second kappa shape index (κ2) is 5.38. The number of nitrogens with zero attached hydrogens (tertiary/aromatic N) is 2. The lowest BCUT2D eigenvalue weighted by atomic mass is 10.2. The average molecular weight is 369 g/mol. The fourth-order valence-electron chi connectivity index (χ4n) is 1.83. The molecule has 0 amide bonds. The molecule has 21 heavy (non-hydrogen) atoms. The first-order chi connectivity index (χ1) is 10.1. The molecule has 0 aliphatic rings. The quantitative estimate of drug-likeness (QED) is 0.487. The van der Waals surface area contributed by atoms with Gasteiger partial charge in [-0.25, -0.2) is 9.37 Å². The number of halogens is 2. The van der Waals surface area contributed by atoms with Crippen molar-refractivity contribution >= 4 is 43.2 Å². The van der Waals surface area contributed by atoms with E-state index < -0.39 is 10.7 Å². The molecule has 106 valence electrons. The Balaban J connectivity index is 2.11. The Morgan fingerprint density at radius 3 is 2.76 bits per heavy atom. The number of aromatic nitrogens is 1. The molecule has 0 radical (unpaired) electrons. The summed E-state index contributed by atoms with van der Waals surface area (Å²) in [6.45, 7) is 0. The van der Waals surface area contributed by atoms with Gasteiger partial charge in [-0.15, -0.1) is 11.3 Å². The van der Waals surface area contributed by atoms with Crippen LogP contribution in [0.1, 0.15) is 0 Å². The average Bonchev–Trinajstić information content (AvgIpc) is 2.89. The molecular formula is C13H6BrFN2O3S. The van der Waals surface area contributed by atoms with Crippen molar-refractivity contribution < 1.29 is 14.1 Å². The number of hydrogen-bond acceptors (Lipinski definition) is 5. The highest BCUT2D eigenvalue weighted by atomic mass is 79.9. The molecule has 0 atom stereocenters. The van der Waals surface area contributed by atoms with Gasteiger partial charge in [-0.05, 0) is 46.3 Å². The lowest BCUT2D eigenvalue weighted by molar-refractivity contribution is -0.384. The van der Waals surface area contributed by atoms with Crippen LogP contribution in [-0.2, 0) is 0 Å². The van der Waals surface area contributed by atoms with Gasteiger partial charge in [0, 0.05) is 0 Å². The molecule has 0 aliphatic heterocycles. The van der Waals surface area contributed by atoms with Crippen LogP contribution in [0.3, 0.4) is 0 Å². The number of nitro groups is 1. The SMILES string of the molecule is O=[N+]([O-])c1c(Oc2ccc(F)cc2Br)ccc2scnc12. The van der Waals surface area contributed by atoms with Crippen LogP contribution in [-0.4, -0.2) is 9.91 Å². The van der Waals surface area contributed by atoms with E-state index in [0.29, 0.717) is 9.17 Å². The van der Waals surface area contributed by atoms with Gasteiger partial charge in [0.15, 0.2) is 5.52 Å². The van der Waals surface area contributed by atoms with Gasteiger partial charge in [0.2, 0.25) is 5.75 Å². The third-order valence-corrected chi connectivity index (χ3v) is 4.15. The van der Waals surface area contributed by atoms with Crippen molar-refractivity contribution in [2.24, 2.45) is 0 Å². The molecular weight excluding hydrogens is 363 g/mol. The number of hydrogen-bond donors (Lipinski definition) is 0. The van der Waals surface area contributed by atoms with Crippen LogP contribution in [0.25, 0.3) is 10.2 Å². The van der Waals surface area contributed by atoms with Gasteiger partial charge >= 0.3 is 5.69 Å². The van der Waals surface area contributed by atoms with Crippen molar-refractivity contribution in [3.8, 4) is 11.5 Å². The fraction of sp³-hybridized carbons (Fsp3) is 0. The Labute approximate surface area is 130 Å². The number of thiazole rings is 1. The van der Waals surface area contributed by atoms with Crippen LogP contribution in [0.2, 0.25) is 0 Å². The van der Waals surface area contributed by atoms with E-state index in [-0.39, 0.29) is 22.7 Å². The van der Waals surface area contributed by atoms with Gasteiger partial charge in [-0.1, -0.05) is 0 Å². The van der Waals surface area contributed by atoms with Gasteiger partial charge in [0.25, 0.3) is 0 Å². The Morgan fingerprint density at radius 2 is 2.05 bits per heavy atom. The van der Waals surface area contributed by atoms with Crippen molar-refractivity contribution in [2.75, 3.05) is 0 Å². The Hall–Kier alpha value is -2.06. The molecule has 0 aliphatic carbocycles. The summed E-state index contributed by atoms with van der Waals surface area (Å²) in [6.07, 6.45) is 0.